The molecule has 0 aliphatic rings. The van der Waals surface area contributed by atoms with Crippen LogP contribution in [0.3, 0.4) is 0 Å². The van der Waals surface area contributed by atoms with Crippen LogP contribution in [0.1, 0.15) is 25.6 Å². The number of fused-ring (bicyclic) bond motifs is 1. The largest absolute Gasteiger partial charge is 0.481 e. The van der Waals surface area contributed by atoms with Gasteiger partial charge in [0.25, 0.3) is 0 Å². The third-order valence-electron chi connectivity index (χ3n) is 2.70. The zero-order chi connectivity index (χ0) is 14.5. The van der Waals surface area contributed by atoms with Gasteiger partial charge in [-0.05, 0) is 24.6 Å². The molecule has 106 valence electrons. The fourth-order valence-corrected chi connectivity index (χ4v) is 2.93. The number of aliphatic carboxylic acids is 1. The van der Waals surface area contributed by atoms with Crippen molar-refractivity contribution in [3.8, 4) is 0 Å². The van der Waals surface area contributed by atoms with Crippen LogP contribution in [0.15, 0.2) is 23.2 Å². The quantitative estimate of drug-likeness (QED) is 0.649. The van der Waals surface area contributed by atoms with E-state index in [1.54, 1.807) is 6.07 Å². The van der Waals surface area contributed by atoms with Gasteiger partial charge in [0.05, 0.1) is 11.9 Å². The van der Waals surface area contributed by atoms with Crippen molar-refractivity contribution in [1.82, 2.24) is 9.97 Å². The van der Waals surface area contributed by atoms with Gasteiger partial charge in [0.15, 0.2) is 0 Å². The summed E-state index contributed by atoms with van der Waals surface area (Å²) in [5.74, 6) is 0.475. The molecule has 20 heavy (non-hydrogen) atoms. The fraction of sp³-hybridized carbons (Fsp3) is 0.357. The lowest BCUT2D eigenvalue weighted by atomic mass is 10.2. The van der Waals surface area contributed by atoms with Crippen LogP contribution in [0.5, 0.6) is 0 Å². The molecule has 1 N–H and O–H groups in total. The number of aromatic nitrogens is 2. The van der Waals surface area contributed by atoms with E-state index in [1.165, 1.54) is 11.8 Å². The average molecular weight is 311 g/mol. The molecule has 4 nitrogen and oxygen atoms in total. The summed E-state index contributed by atoms with van der Waals surface area (Å²) in [6, 6.07) is 5.50. The van der Waals surface area contributed by atoms with Gasteiger partial charge in [-0.15, -0.1) is 11.8 Å². The van der Waals surface area contributed by atoms with Crippen LogP contribution in [0.4, 0.5) is 0 Å². The summed E-state index contributed by atoms with van der Waals surface area (Å²) in [5, 5.41) is 11.1. The normalized spacial score (nSPS) is 10.9. The monoisotopic (exact) mass is 310 g/mol. The van der Waals surface area contributed by atoms with E-state index in [0.29, 0.717) is 10.8 Å². The summed E-state index contributed by atoms with van der Waals surface area (Å²) in [4.78, 5) is 19.6. The number of benzene rings is 1. The van der Waals surface area contributed by atoms with Crippen LogP contribution in [-0.2, 0) is 11.2 Å². The zero-order valence-electron chi connectivity index (χ0n) is 11.1. The van der Waals surface area contributed by atoms with Crippen molar-refractivity contribution in [2.45, 2.75) is 31.2 Å². The number of carboxylic acid groups (broad SMARTS) is 1. The second kappa shape index (κ2) is 6.90. The maximum atomic E-state index is 10.6. The molecule has 0 spiro atoms. The number of carboxylic acids is 1. The highest BCUT2D eigenvalue weighted by atomic mass is 35.5. The van der Waals surface area contributed by atoms with Crippen LogP contribution < -0.4 is 0 Å². The minimum atomic E-state index is -0.798. The molecule has 2 rings (SSSR count). The van der Waals surface area contributed by atoms with Crippen LogP contribution in [0.2, 0.25) is 5.02 Å². The first-order chi connectivity index (χ1) is 9.60. The molecule has 0 saturated heterocycles. The predicted molar refractivity (Wildman–Crippen MR) is 81.5 cm³/mol. The number of hydrogen-bond donors (Lipinski definition) is 1. The molecule has 0 saturated carbocycles. The summed E-state index contributed by atoms with van der Waals surface area (Å²) >= 11 is 7.45. The molecule has 0 amide bonds. The second-order valence-electron chi connectivity index (χ2n) is 4.35. The van der Waals surface area contributed by atoms with E-state index in [-0.39, 0.29) is 6.42 Å². The summed E-state index contributed by atoms with van der Waals surface area (Å²) in [6.07, 6.45) is 1.88. The van der Waals surface area contributed by atoms with E-state index >= 15 is 0 Å². The molecule has 0 atom stereocenters. The first-order valence-electron chi connectivity index (χ1n) is 6.41. The SMILES string of the molecule is CCCc1nc(SCCC(=O)O)c2ccc(Cl)cc2n1. The van der Waals surface area contributed by atoms with E-state index in [1.807, 2.05) is 12.1 Å². The van der Waals surface area contributed by atoms with Gasteiger partial charge in [-0.25, -0.2) is 9.97 Å². The molecule has 0 fully saturated rings. The smallest absolute Gasteiger partial charge is 0.304 e. The maximum absolute atomic E-state index is 10.6. The number of rotatable bonds is 6. The molecule has 0 unspecified atom stereocenters. The molecule has 1 aromatic heterocycles. The topological polar surface area (TPSA) is 63.1 Å². The van der Waals surface area contributed by atoms with Crippen molar-refractivity contribution in [2.75, 3.05) is 5.75 Å². The van der Waals surface area contributed by atoms with E-state index in [2.05, 4.69) is 16.9 Å². The van der Waals surface area contributed by atoms with Gasteiger partial charge >= 0.3 is 5.97 Å². The van der Waals surface area contributed by atoms with Gasteiger partial charge in [-0.2, -0.15) is 0 Å². The molecular weight excluding hydrogens is 296 g/mol. The van der Waals surface area contributed by atoms with E-state index in [9.17, 15) is 4.79 Å². The summed E-state index contributed by atoms with van der Waals surface area (Å²) in [6.45, 7) is 2.07. The van der Waals surface area contributed by atoms with Crippen molar-refractivity contribution in [2.24, 2.45) is 0 Å². The van der Waals surface area contributed by atoms with E-state index in [0.717, 1.165) is 34.6 Å². The summed E-state index contributed by atoms with van der Waals surface area (Å²) in [5.41, 5.74) is 0.814. The second-order valence-corrected chi connectivity index (χ2v) is 5.87. The number of hydrogen-bond acceptors (Lipinski definition) is 4. The Balaban J connectivity index is 2.36. The lowest BCUT2D eigenvalue weighted by Gasteiger charge is -2.08. The maximum Gasteiger partial charge on any atom is 0.304 e. The van der Waals surface area contributed by atoms with Gasteiger partial charge in [-0.3, -0.25) is 4.79 Å². The highest BCUT2D eigenvalue weighted by Crippen LogP contribution is 2.28. The molecule has 0 radical (unpaired) electrons. The van der Waals surface area contributed by atoms with Crippen molar-refractivity contribution < 1.29 is 9.90 Å². The number of thioether (sulfide) groups is 1. The Morgan fingerprint density at radius 2 is 2.20 bits per heavy atom. The number of halogens is 1. The standard InChI is InChI=1S/C14H15ClN2O2S/c1-2-3-12-16-11-8-9(15)4-5-10(11)14(17-12)20-7-6-13(18)19/h4-5,8H,2-3,6-7H2,1H3,(H,18,19). The number of aryl methyl sites for hydroxylation is 1. The number of carbonyl (C=O) groups is 1. The van der Waals surface area contributed by atoms with Gasteiger partial charge in [0, 0.05) is 22.6 Å². The summed E-state index contributed by atoms with van der Waals surface area (Å²) in [7, 11) is 0. The highest BCUT2D eigenvalue weighted by molar-refractivity contribution is 7.99. The van der Waals surface area contributed by atoms with Crippen LogP contribution in [-0.4, -0.2) is 26.8 Å². The zero-order valence-corrected chi connectivity index (χ0v) is 12.7. The first kappa shape index (κ1) is 15.1. The third-order valence-corrected chi connectivity index (χ3v) is 3.93. The Morgan fingerprint density at radius 3 is 2.90 bits per heavy atom. The first-order valence-corrected chi connectivity index (χ1v) is 7.77. The molecule has 1 aromatic carbocycles. The predicted octanol–water partition coefficient (Wildman–Crippen LogP) is 3.80. The van der Waals surface area contributed by atoms with Crippen molar-refractivity contribution in [3.05, 3.63) is 29.0 Å². The molecule has 2 aromatic rings. The van der Waals surface area contributed by atoms with Gasteiger partial charge in [0.1, 0.15) is 10.9 Å². The van der Waals surface area contributed by atoms with Crippen LogP contribution in [0, 0.1) is 0 Å². The van der Waals surface area contributed by atoms with E-state index < -0.39 is 5.97 Å². The Hall–Kier alpha value is -1.33. The molecule has 1 heterocycles. The van der Waals surface area contributed by atoms with E-state index in [4.69, 9.17) is 16.7 Å². The Kier molecular flexibility index (Phi) is 5.20. The lowest BCUT2D eigenvalue weighted by Crippen LogP contribution is -2.00. The van der Waals surface area contributed by atoms with Crippen LogP contribution in [0.25, 0.3) is 10.9 Å². The van der Waals surface area contributed by atoms with Crippen molar-refractivity contribution in [1.29, 1.82) is 0 Å². The lowest BCUT2D eigenvalue weighted by molar-refractivity contribution is -0.136. The highest BCUT2D eigenvalue weighted by Gasteiger charge is 2.09. The fourth-order valence-electron chi connectivity index (χ4n) is 1.80. The third kappa shape index (κ3) is 3.84. The van der Waals surface area contributed by atoms with Crippen LogP contribution >= 0.6 is 23.4 Å². The van der Waals surface area contributed by atoms with Gasteiger partial charge in [-0.1, -0.05) is 18.5 Å². The molecule has 0 bridgehead atoms. The van der Waals surface area contributed by atoms with Crippen molar-refractivity contribution >= 4 is 40.2 Å². The minimum absolute atomic E-state index is 0.118. The summed E-state index contributed by atoms with van der Waals surface area (Å²) < 4.78 is 0. The van der Waals surface area contributed by atoms with Gasteiger partial charge in [0.2, 0.25) is 0 Å². The Morgan fingerprint density at radius 1 is 1.40 bits per heavy atom. The number of nitrogens with zero attached hydrogens (tertiary/aromatic N) is 2. The Labute approximate surface area is 126 Å². The molecular formula is C14H15ClN2O2S. The Bertz CT molecular complexity index is 634. The van der Waals surface area contributed by atoms with Crippen molar-refractivity contribution in [3.63, 3.8) is 0 Å². The molecule has 0 aliphatic heterocycles. The minimum Gasteiger partial charge on any atom is -0.481 e. The van der Waals surface area contributed by atoms with Gasteiger partial charge < -0.3 is 5.11 Å². The molecule has 6 heteroatoms. The average Bonchev–Trinajstić information content (AvgIpc) is 2.38. The molecule has 0 aliphatic carbocycles.